The molecule has 0 aromatic heterocycles. The lowest BCUT2D eigenvalue weighted by Crippen LogP contribution is -2.70. The van der Waals surface area contributed by atoms with Crippen molar-refractivity contribution in [2.24, 2.45) is 0 Å². The highest BCUT2D eigenvalue weighted by Crippen LogP contribution is 2.36. The van der Waals surface area contributed by atoms with Crippen LogP contribution in [0, 0.1) is 0 Å². The molecule has 5 heterocycles. The summed E-state index contributed by atoms with van der Waals surface area (Å²) in [4.78, 5) is 24.4. The second kappa shape index (κ2) is 22.0. The van der Waals surface area contributed by atoms with E-state index in [1.54, 1.807) is 0 Å². The molecule has 0 aromatic carbocycles. The van der Waals surface area contributed by atoms with Gasteiger partial charge in [-0.05, 0) is 0 Å². The van der Waals surface area contributed by atoms with Crippen molar-refractivity contribution in [3.8, 4) is 0 Å². The van der Waals surface area contributed by atoms with Gasteiger partial charge in [-0.15, -0.1) is 0 Å². The zero-order chi connectivity index (χ0) is 45.9. The molecular weight excluding hydrogens is 852 g/mol. The Morgan fingerprint density at radius 1 is 0.419 bits per heavy atom. The van der Waals surface area contributed by atoms with E-state index in [-0.39, 0.29) is 0 Å². The van der Waals surface area contributed by atoms with Crippen LogP contribution in [0.2, 0.25) is 0 Å². The van der Waals surface area contributed by atoms with E-state index in [2.05, 4.69) is 10.6 Å². The Balaban J connectivity index is 1.55. The highest BCUT2D eigenvalue weighted by Gasteiger charge is 2.57. The molecule has 0 spiro atoms. The standard InChI is InChI=1S/C34H58N2O26/c1-8(41)35-15-22(48)17(43)10(3-37)56-31(15)61-28-25(51)19(45)12(5-39)59-34(28)60-27-21(47)13(6-40)58-33(54-7-14-20(46)24(50)26(52)30(53)55-14)29(27)62-32-16(36-9(2)42)23(49)18(44)11(4-38)57-32/h10-34,37-40,43-53H,3-7H2,1-2H3,(H,35,41)(H,36,42)/t10-,11-,12-,13-,14-,15-,16-,17-,18-,19-,20-,21-,22-,23-,24+,25+,26+,27+,28+,29+,30+,31+,32+,33+,34-/m1/s1. The molecule has 28 nitrogen and oxygen atoms in total. The highest BCUT2D eigenvalue weighted by molar-refractivity contribution is 5.73. The van der Waals surface area contributed by atoms with E-state index >= 15 is 0 Å². The van der Waals surface area contributed by atoms with Gasteiger partial charge in [0.05, 0.1) is 33.0 Å². The van der Waals surface area contributed by atoms with Crippen molar-refractivity contribution < 1.29 is 129 Å². The maximum Gasteiger partial charge on any atom is 0.217 e. The highest BCUT2D eigenvalue weighted by atomic mass is 16.8. The van der Waals surface area contributed by atoms with E-state index in [0.717, 1.165) is 13.8 Å². The fourth-order valence-electron chi connectivity index (χ4n) is 7.68. The average molecular weight is 911 g/mol. The van der Waals surface area contributed by atoms with Crippen molar-refractivity contribution in [2.75, 3.05) is 33.0 Å². The first-order valence-electron chi connectivity index (χ1n) is 19.6. The van der Waals surface area contributed by atoms with Gasteiger partial charge in [-0.2, -0.15) is 0 Å². The van der Waals surface area contributed by atoms with Crippen molar-refractivity contribution in [2.45, 2.75) is 167 Å². The van der Waals surface area contributed by atoms with Gasteiger partial charge in [-0.25, -0.2) is 0 Å². The van der Waals surface area contributed by atoms with Crippen molar-refractivity contribution in [3.05, 3.63) is 0 Å². The van der Waals surface area contributed by atoms with Crippen molar-refractivity contribution >= 4 is 11.8 Å². The molecule has 0 aliphatic carbocycles. The number of aliphatic hydroxyl groups is 15. The molecule has 5 rings (SSSR count). The summed E-state index contributed by atoms with van der Waals surface area (Å²) in [6.45, 7) is -2.55. The average Bonchev–Trinajstić information content (AvgIpc) is 3.23. The van der Waals surface area contributed by atoms with E-state index in [1.807, 2.05) is 0 Å². The third-order valence-electron chi connectivity index (χ3n) is 11.1. The molecule has 62 heavy (non-hydrogen) atoms. The van der Waals surface area contributed by atoms with E-state index in [4.69, 9.17) is 42.6 Å². The number of ether oxygens (including phenoxy) is 9. The monoisotopic (exact) mass is 910 g/mol. The van der Waals surface area contributed by atoms with Crippen LogP contribution in [-0.2, 0) is 52.2 Å². The van der Waals surface area contributed by atoms with E-state index < -0.39 is 198 Å². The summed E-state index contributed by atoms with van der Waals surface area (Å²) in [5.41, 5.74) is 0. The smallest absolute Gasteiger partial charge is 0.217 e. The lowest BCUT2D eigenvalue weighted by atomic mass is 9.94. The number of aliphatic hydroxyl groups excluding tert-OH is 15. The maximum atomic E-state index is 12.3. The van der Waals surface area contributed by atoms with Crippen LogP contribution in [0.5, 0.6) is 0 Å². The molecule has 5 aliphatic rings. The summed E-state index contributed by atoms with van der Waals surface area (Å²) in [6, 6.07) is -3.29. The zero-order valence-corrected chi connectivity index (χ0v) is 33.2. The van der Waals surface area contributed by atoms with Crippen LogP contribution in [0.3, 0.4) is 0 Å². The minimum Gasteiger partial charge on any atom is -0.394 e. The van der Waals surface area contributed by atoms with E-state index in [1.165, 1.54) is 0 Å². The normalized spacial score (nSPS) is 49.0. The molecule has 360 valence electrons. The number of amides is 2. The molecule has 5 saturated heterocycles. The second-order valence-corrected chi connectivity index (χ2v) is 15.5. The second-order valence-electron chi connectivity index (χ2n) is 15.5. The minimum atomic E-state index is -2.12. The van der Waals surface area contributed by atoms with E-state index in [9.17, 15) is 86.2 Å². The molecule has 17 N–H and O–H groups in total. The SMILES string of the molecule is CC(=O)N[C@H]1[C@H](O[C@@H]2[C@@H](O[C@H]3[C@H](O)[C@@H](CO)O[C@H](OC[C@H]4O[C@H](O)[C@@H](O)[C@@H](O)[C@@H]4O)[C@H]3O[C@@H]3O[C@H](CO)[C@@H](O)[C@H](O)[C@H]3NC(C)=O)O[C@H](CO)[C@@H](O)[C@@H]2O)O[C@H](CO)[C@@H](O)[C@@H]1O. The molecule has 0 bridgehead atoms. The van der Waals surface area contributed by atoms with Gasteiger partial charge in [-0.3, -0.25) is 9.59 Å². The summed E-state index contributed by atoms with van der Waals surface area (Å²) in [7, 11) is 0. The molecule has 0 radical (unpaired) electrons. The van der Waals surface area contributed by atoms with Gasteiger partial charge in [0.25, 0.3) is 0 Å². The predicted octanol–water partition coefficient (Wildman–Crippen LogP) is -11.6. The van der Waals surface area contributed by atoms with Crippen LogP contribution >= 0.6 is 0 Å². The fourth-order valence-corrected chi connectivity index (χ4v) is 7.68. The van der Waals surface area contributed by atoms with Crippen LogP contribution in [-0.4, -0.2) is 275 Å². The first-order chi connectivity index (χ1) is 29.3. The molecule has 25 atom stereocenters. The van der Waals surface area contributed by atoms with Crippen molar-refractivity contribution in [1.82, 2.24) is 10.6 Å². The minimum absolute atomic E-state index is 0.768. The number of nitrogens with one attached hydrogen (secondary N) is 2. The van der Waals surface area contributed by atoms with Crippen LogP contribution < -0.4 is 10.6 Å². The van der Waals surface area contributed by atoms with Gasteiger partial charge >= 0.3 is 0 Å². The number of hydrogen-bond donors (Lipinski definition) is 17. The lowest BCUT2D eigenvalue weighted by Gasteiger charge is -2.51. The summed E-state index contributed by atoms with van der Waals surface area (Å²) in [5.74, 6) is -1.55. The fraction of sp³-hybridized carbons (Fsp3) is 0.941. The maximum absolute atomic E-state index is 12.3. The van der Waals surface area contributed by atoms with Gasteiger partial charge < -0.3 is 130 Å². The Hall–Kier alpha value is -2.02. The van der Waals surface area contributed by atoms with Crippen LogP contribution in [0.15, 0.2) is 0 Å². The first-order valence-corrected chi connectivity index (χ1v) is 19.6. The molecule has 0 unspecified atom stereocenters. The largest absolute Gasteiger partial charge is 0.394 e. The van der Waals surface area contributed by atoms with Gasteiger partial charge in [0, 0.05) is 13.8 Å². The molecule has 0 saturated carbocycles. The summed E-state index contributed by atoms with van der Waals surface area (Å²) >= 11 is 0. The van der Waals surface area contributed by atoms with Gasteiger partial charge in [0.15, 0.2) is 31.5 Å². The Bertz CT molecular complexity index is 1440. The lowest BCUT2D eigenvalue weighted by molar-refractivity contribution is -0.399. The number of carbonyl (C=O) groups is 2. The quantitative estimate of drug-likeness (QED) is 0.0725. The van der Waals surface area contributed by atoms with Crippen LogP contribution in [0.4, 0.5) is 0 Å². The third kappa shape index (κ3) is 11.0. The molecule has 5 aliphatic heterocycles. The predicted molar refractivity (Wildman–Crippen MR) is 190 cm³/mol. The van der Waals surface area contributed by atoms with Crippen LogP contribution in [0.1, 0.15) is 13.8 Å². The van der Waals surface area contributed by atoms with Crippen LogP contribution in [0.25, 0.3) is 0 Å². The number of carbonyl (C=O) groups excluding carboxylic acids is 2. The summed E-state index contributed by atoms with van der Waals surface area (Å²) in [6.07, 6.45) is -43.3. The topological polar surface area (TPSA) is 445 Å². The molecular formula is C34H58N2O26. The Morgan fingerprint density at radius 3 is 1.27 bits per heavy atom. The Labute approximate surface area is 351 Å². The van der Waals surface area contributed by atoms with Gasteiger partial charge in [0.2, 0.25) is 11.8 Å². The van der Waals surface area contributed by atoms with Gasteiger partial charge in [-0.1, -0.05) is 0 Å². The molecule has 2 amide bonds. The molecule has 0 aromatic rings. The summed E-state index contributed by atoms with van der Waals surface area (Å²) in [5, 5.41) is 163. The van der Waals surface area contributed by atoms with Crippen molar-refractivity contribution in [3.63, 3.8) is 0 Å². The molecule has 5 fully saturated rings. The molecule has 28 heteroatoms. The Kier molecular flexibility index (Phi) is 18.1. The first kappa shape index (κ1) is 51.0. The number of hydrogen-bond acceptors (Lipinski definition) is 26. The Morgan fingerprint density at radius 2 is 0.806 bits per heavy atom. The third-order valence-corrected chi connectivity index (χ3v) is 11.1. The van der Waals surface area contributed by atoms with E-state index in [0.29, 0.717) is 0 Å². The number of rotatable bonds is 15. The summed E-state index contributed by atoms with van der Waals surface area (Å²) < 4.78 is 52.2. The zero-order valence-electron chi connectivity index (χ0n) is 33.2. The van der Waals surface area contributed by atoms with Gasteiger partial charge in [0.1, 0.15) is 122 Å². The van der Waals surface area contributed by atoms with Crippen molar-refractivity contribution in [1.29, 1.82) is 0 Å².